The number of fused-ring (bicyclic) bond motifs is 8. The largest absolute Gasteiger partial charge is 0.353 e. The van der Waals surface area contributed by atoms with Crippen molar-refractivity contribution >= 4 is 46.4 Å². The molecule has 2 aliphatic rings. The summed E-state index contributed by atoms with van der Waals surface area (Å²) in [5, 5.41) is 39.1. The zero-order valence-corrected chi connectivity index (χ0v) is 17.8. The molecule has 0 atom stereocenters. The summed E-state index contributed by atoms with van der Waals surface area (Å²) in [6, 6.07) is 15.4. The van der Waals surface area contributed by atoms with Crippen LogP contribution >= 0.6 is 0 Å². The molecular weight excluding hydrogens is 456 g/mol. The number of H-pyrrole nitrogens is 2. The number of nitrogens with one attached hydrogen (secondary N) is 2. The van der Waals surface area contributed by atoms with Gasteiger partial charge in [-0.15, -0.1) is 0 Å². The van der Waals surface area contributed by atoms with E-state index in [1.807, 2.05) is 0 Å². The van der Waals surface area contributed by atoms with E-state index >= 15 is 0 Å². The van der Waals surface area contributed by atoms with E-state index in [2.05, 4.69) is 44.2 Å². The Hall–Kier alpha value is -4.92. The molecule has 0 amide bonds. The van der Waals surface area contributed by atoms with Crippen LogP contribution in [0.4, 0.5) is 0 Å². The number of hydrogen-bond donors (Lipinski definition) is 2. The van der Waals surface area contributed by atoms with Crippen molar-refractivity contribution in [2.24, 2.45) is 0 Å². The molecule has 0 spiro atoms. The minimum Gasteiger partial charge on any atom is -0.353 e. The van der Waals surface area contributed by atoms with Crippen molar-refractivity contribution in [3.05, 3.63) is 69.3 Å². The first-order valence-electron chi connectivity index (χ1n) is 9.43. The topological polar surface area (TPSA) is 153 Å². The molecule has 33 heavy (non-hydrogen) atoms. The van der Waals surface area contributed by atoms with Crippen molar-refractivity contribution in [2.45, 2.75) is 0 Å². The van der Waals surface area contributed by atoms with E-state index in [0.29, 0.717) is 50.4 Å². The Labute approximate surface area is 197 Å². The van der Waals surface area contributed by atoms with Gasteiger partial charge in [0.05, 0.1) is 50.4 Å². The number of aromatic amines is 2. The summed E-state index contributed by atoms with van der Waals surface area (Å²) in [6.45, 7) is 0. The van der Waals surface area contributed by atoms with Crippen LogP contribution in [0.5, 0.6) is 0 Å². The summed E-state index contributed by atoms with van der Waals surface area (Å²) in [7, 11) is 0. The molecule has 0 radical (unpaired) electrons. The maximum absolute atomic E-state index is 9.78. The summed E-state index contributed by atoms with van der Waals surface area (Å²) in [6.07, 6.45) is 6.62. The smallest absolute Gasteiger partial charge is 0.104 e. The number of nitrogens with zero attached hydrogens (tertiary/aromatic N) is 6. The second kappa shape index (κ2) is 8.31. The average Bonchev–Trinajstić information content (AvgIpc) is 3.59. The quantitative estimate of drug-likeness (QED) is 0.327. The molecule has 0 unspecified atom stereocenters. The Morgan fingerprint density at radius 3 is 1.12 bits per heavy atom. The van der Waals surface area contributed by atoms with Gasteiger partial charge in [-0.3, -0.25) is 0 Å². The number of rotatable bonds is 0. The molecule has 0 aliphatic carbocycles. The Morgan fingerprint density at radius 1 is 0.485 bits per heavy atom. The fourth-order valence-corrected chi connectivity index (χ4v) is 3.68. The molecule has 3 aromatic heterocycles. The Morgan fingerprint density at radius 2 is 0.788 bits per heavy atom. The van der Waals surface area contributed by atoms with Crippen LogP contribution in [0.1, 0.15) is 45.0 Å². The van der Waals surface area contributed by atoms with Gasteiger partial charge in [0.1, 0.15) is 41.0 Å². The maximum Gasteiger partial charge on any atom is 0.104 e. The third kappa shape index (κ3) is 3.37. The van der Waals surface area contributed by atoms with Gasteiger partial charge >= 0.3 is 0 Å². The Balaban J connectivity index is 0.00000259. The van der Waals surface area contributed by atoms with Gasteiger partial charge < -0.3 is 9.97 Å². The van der Waals surface area contributed by atoms with E-state index in [1.165, 1.54) is 0 Å². The molecule has 5 heterocycles. The van der Waals surface area contributed by atoms with Gasteiger partial charge in [-0.25, -0.2) is 9.97 Å². The molecule has 2 aliphatic heterocycles. The van der Waals surface area contributed by atoms with E-state index in [9.17, 15) is 21.0 Å². The van der Waals surface area contributed by atoms with Crippen molar-refractivity contribution in [1.29, 1.82) is 21.0 Å². The molecule has 3 aromatic rings. The van der Waals surface area contributed by atoms with Crippen molar-refractivity contribution in [3.63, 3.8) is 0 Å². The summed E-state index contributed by atoms with van der Waals surface area (Å²) in [5.41, 5.74) is 4.71. The summed E-state index contributed by atoms with van der Waals surface area (Å²) < 4.78 is 0. The summed E-state index contributed by atoms with van der Waals surface area (Å²) in [4.78, 5) is 15.2. The van der Waals surface area contributed by atoms with Crippen LogP contribution in [0.15, 0.2) is 24.3 Å². The molecule has 0 saturated heterocycles. The van der Waals surface area contributed by atoms with Crippen LogP contribution in [-0.2, 0) is 17.1 Å². The zero-order valence-electron chi connectivity index (χ0n) is 16.7. The third-order valence-corrected chi connectivity index (χ3v) is 5.20. The minimum absolute atomic E-state index is 0. The first-order valence-corrected chi connectivity index (χ1v) is 9.43. The predicted molar refractivity (Wildman–Crippen MR) is 118 cm³/mol. The average molecular weight is 466 g/mol. The van der Waals surface area contributed by atoms with Crippen molar-refractivity contribution in [3.8, 4) is 24.3 Å². The SMILES string of the molecule is N#Cc1c2nc(c(C#N)c3ccc([nH]3)c(C#N)c3ccc([nH]3)c(C#N)c3nc1C=C3)C=C2.[Fe]. The molecule has 5 rings (SSSR count). The number of nitriles is 4. The third-order valence-electron chi connectivity index (χ3n) is 5.20. The normalized spacial score (nSPS) is 11.0. The van der Waals surface area contributed by atoms with Crippen LogP contribution in [-0.4, -0.2) is 19.9 Å². The van der Waals surface area contributed by atoms with Crippen molar-refractivity contribution < 1.29 is 17.1 Å². The molecule has 2 N–H and O–H groups in total. The molecule has 0 saturated carbocycles. The van der Waals surface area contributed by atoms with Crippen molar-refractivity contribution in [1.82, 2.24) is 19.9 Å². The minimum atomic E-state index is 0. The van der Waals surface area contributed by atoms with E-state index in [-0.39, 0.29) is 33.8 Å². The maximum atomic E-state index is 9.78. The molecule has 8 bridgehead atoms. The summed E-state index contributed by atoms with van der Waals surface area (Å²) >= 11 is 0. The van der Waals surface area contributed by atoms with E-state index in [0.717, 1.165) is 0 Å². The molecule has 8 nitrogen and oxygen atoms in total. The first kappa shape index (κ1) is 21.3. The Bertz CT molecular complexity index is 1610. The molecule has 154 valence electrons. The van der Waals surface area contributed by atoms with Gasteiger partial charge in [0.2, 0.25) is 0 Å². The fourth-order valence-electron chi connectivity index (χ4n) is 3.68. The van der Waals surface area contributed by atoms with Gasteiger partial charge in [-0.05, 0) is 48.6 Å². The van der Waals surface area contributed by atoms with Gasteiger partial charge in [-0.2, -0.15) is 21.0 Å². The van der Waals surface area contributed by atoms with Gasteiger partial charge in [0, 0.05) is 17.1 Å². The second-order valence-electron chi connectivity index (χ2n) is 6.95. The van der Waals surface area contributed by atoms with E-state index in [1.54, 1.807) is 48.6 Å². The van der Waals surface area contributed by atoms with E-state index in [4.69, 9.17) is 0 Å². The first-order chi connectivity index (χ1) is 15.7. The van der Waals surface area contributed by atoms with Gasteiger partial charge in [0.15, 0.2) is 0 Å². The fraction of sp³-hybridized carbons (Fsp3) is 0. The number of hydrogen-bond acceptors (Lipinski definition) is 6. The second-order valence-corrected chi connectivity index (χ2v) is 6.95. The van der Waals surface area contributed by atoms with Crippen molar-refractivity contribution in [2.75, 3.05) is 0 Å². The predicted octanol–water partition coefficient (Wildman–Crippen LogP) is 4.14. The zero-order chi connectivity index (χ0) is 22.2. The standard InChI is InChI=1S/C24H10N8.Fe/c25-9-13-17-1-2-18(29-17)14(10-26)20-5-6-22(31-20)16(12-28)24-8-7-23(32-24)15(11-27)21-4-3-19(13)30-21;/h1-8,29-30H;. The van der Waals surface area contributed by atoms with Crippen LogP contribution in [0.25, 0.3) is 46.4 Å². The molecular formula is C24H10FeN8. The number of aromatic nitrogens is 4. The van der Waals surface area contributed by atoms with Gasteiger partial charge in [0.25, 0.3) is 0 Å². The molecule has 9 heteroatoms. The van der Waals surface area contributed by atoms with Crippen LogP contribution in [0.3, 0.4) is 0 Å². The van der Waals surface area contributed by atoms with Crippen LogP contribution in [0, 0.1) is 45.3 Å². The van der Waals surface area contributed by atoms with Crippen LogP contribution < -0.4 is 0 Å². The Kier molecular flexibility index (Phi) is 5.37. The monoisotopic (exact) mass is 466 g/mol. The van der Waals surface area contributed by atoms with E-state index < -0.39 is 0 Å². The summed E-state index contributed by atoms with van der Waals surface area (Å²) in [5.74, 6) is 0. The van der Waals surface area contributed by atoms with Crippen LogP contribution in [0.2, 0.25) is 0 Å². The van der Waals surface area contributed by atoms with Gasteiger partial charge in [-0.1, -0.05) is 0 Å². The molecule has 0 aromatic carbocycles. The molecule has 0 fully saturated rings.